The number of para-hydroxylation sites is 3. The Morgan fingerprint density at radius 1 is 0.422 bits per heavy atom. The molecule has 0 radical (unpaired) electrons. The number of oxazole rings is 1. The van der Waals surface area contributed by atoms with Crippen LogP contribution in [-0.2, 0) is 0 Å². The normalized spacial score (nSPS) is 12.0. The van der Waals surface area contributed by atoms with Crippen LogP contribution in [0.5, 0.6) is 0 Å². The van der Waals surface area contributed by atoms with Crippen molar-refractivity contribution in [3.8, 4) is 22.8 Å². The van der Waals surface area contributed by atoms with Gasteiger partial charge in [0.25, 0.3) is 0 Å². The van der Waals surface area contributed by atoms with Crippen LogP contribution in [0.4, 0.5) is 0 Å². The van der Waals surface area contributed by atoms with Crippen molar-refractivity contribution in [1.29, 1.82) is 0 Å². The van der Waals surface area contributed by atoms with Gasteiger partial charge in [0.2, 0.25) is 5.89 Å². The summed E-state index contributed by atoms with van der Waals surface area (Å²) in [6.45, 7) is 0. The summed E-state index contributed by atoms with van der Waals surface area (Å²) in [7, 11) is 0. The number of hydrogen-bond acceptors (Lipinski definition) is 2. The van der Waals surface area contributed by atoms with Crippen LogP contribution in [0.25, 0.3) is 88.3 Å². The van der Waals surface area contributed by atoms with Crippen LogP contribution < -0.4 is 0 Å². The van der Waals surface area contributed by atoms with Crippen LogP contribution in [0.1, 0.15) is 0 Å². The minimum absolute atomic E-state index is 0.627. The molecule has 0 aliphatic heterocycles. The molecule has 10 aromatic rings. The Balaban J connectivity index is 1.24. The zero-order valence-corrected chi connectivity index (χ0v) is 24.2. The highest BCUT2D eigenvalue weighted by molar-refractivity contribution is 6.23. The fourth-order valence-corrected chi connectivity index (χ4v) is 7.15. The van der Waals surface area contributed by atoms with Gasteiger partial charge < -0.3 is 13.6 Å². The molecule has 4 nitrogen and oxygen atoms in total. The summed E-state index contributed by atoms with van der Waals surface area (Å²) in [6, 6.07) is 53.7. The quantitative estimate of drug-likeness (QED) is 0.210. The van der Waals surface area contributed by atoms with Crippen molar-refractivity contribution in [3.63, 3.8) is 0 Å². The van der Waals surface area contributed by atoms with E-state index < -0.39 is 0 Å². The second-order valence-electron chi connectivity index (χ2n) is 11.6. The Bertz CT molecular complexity index is 2750. The molecule has 3 aromatic heterocycles. The molecule has 0 aliphatic carbocycles. The van der Waals surface area contributed by atoms with Gasteiger partial charge in [-0.25, -0.2) is 4.98 Å². The van der Waals surface area contributed by atoms with E-state index in [-0.39, 0.29) is 0 Å². The fourth-order valence-electron chi connectivity index (χ4n) is 7.15. The van der Waals surface area contributed by atoms with E-state index in [1.807, 2.05) is 12.1 Å². The minimum Gasteiger partial charge on any atom is -0.436 e. The molecule has 4 heteroatoms. The lowest BCUT2D eigenvalue weighted by atomic mass is 10.1. The molecule has 10 rings (SSSR count). The van der Waals surface area contributed by atoms with Gasteiger partial charge in [0.15, 0.2) is 5.58 Å². The van der Waals surface area contributed by atoms with Gasteiger partial charge in [0.1, 0.15) is 5.52 Å². The lowest BCUT2D eigenvalue weighted by molar-refractivity contribution is 0.620. The molecule has 0 atom stereocenters. The molecular weight excluding hydrogens is 550 g/mol. The summed E-state index contributed by atoms with van der Waals surface area (Å²) in [5, 5.41) is 7.20. The molecule has 0 N–H and O–H groups in total. The number of benzene rings is 7. The molecule has 3 heterocycles. The van der Waals surface area contributed by atoms with Gasteiger partial charge in [0, 0.05) is 43.9 Å². The third-order valence-corrected chi connectivity index (χ3v) is 9.14. The van der Waals surface area contributed by atoms with Crippen molar-refractivity contribution in [2.75, 3.05) is 0 Å². The van der Waals surface area contributed by atoms with E-state index in [0.29, 0.717) is 5.89 Å². The molecule has 0 saturated heterocycles. The predicted octanol–water partition coefficient (Wildman–Crippen LogP) is 10.8. The third-order valence-electron chi connectivity index (χ3n) is 9.14. The summed E-state index contributed by atoms with van der Waals surface area (Å²) in [5.41, 5.74) is 9.63. The topological polar surface area (TPSA) is 35.9 Å². The first-order valence-corrected chi connectivity index (χ1v) is 15.2. The first kappa shape index (κ1) is 24.3. The van der Waals surface area contributed by atoms with E-state index in [9.17, 15) is 0 Å². The standard InChI is InChI=1S/C41H25N3O/c1-2-11-28(12-3-1)43-35-16-8-6-14-31(35)33-23-24-34-32-15-7-9-17-36(32)44(40(34)39(33)43)29-21-18-27(19-22-29)41-42-38-30-13-5-4-10-26(30)20-25-37(38)45-41/h1-25H. The predicted molar refractivity (Wildman–Crippen MR) is 186 cm³/mol. The SMILES string of the molecule is c1ccc(-n2c3ccccc3c3ccc4c5ccccc5n(-c5ccc(-c6nc7c(ccc8ccccc87)o6)cc5)c4c32)cc1. The summed E-state index contributed by atoms with van der Waals surface area (Å²) in [6.07, 6.45) is 0. The zero-order valence-electron chi connectivity index (χ0n) is 24.2. The number of aromatic nitrogens is 3. The highest BCUT2D eigenvalue weighted by Crippen LogP contribution is 2.41. The highest BCUT2D eigenvalue weighted by Gasteiger charge is 2.21. The molecule has 0 fully saturated rings. The maximum Gasteiger partial charge on any atom is 0.227 e. The van der Waals surface area contributed by atoms with E-state index in [0.717, 1.165) is 38.8 Å². The molecule has 0 aliphatic rings. The Kier molecular flexibility index (Phi) is 4.96. The first-order chi connectivity index (χ1) is 22.3. The lowest BCUT2D eigenvalue weighted by Gasteiger charge is -2.12. The first-order valence-electron chi connectivity index (χ1n) is 15.2. The van der Waals surface area contributed by atoms with Gasteiger partial charge in [-0.1, -0.05) is 97.1 Å². The third kappa shape index (κ3) is 3.45. The number of rotatable bonds is 3. The molecule has 0 bridgehead atoms. The van der Waals surface area contributed by atoms with Gasteiger partial charge in [-0.15, -0.1) is 0 Å². The molecule has 7 aromatic carbocycles. The van der Waals surface area contributed by atoms with E-state index >= 15 is 0 Å². The maximum atomic E-state index is 6.27. The van der Waals surface area contributed by atoms with Gasteiger partial charge in [-0.2, -0.15) is 0 Å². The molecular formula is C41H25N3O. The van der Waals surface area contributed by atoms with Gasteiger partial charge >= 0.3 is 0 Å². The van der Waals surface area contributed by atoms with Crippen LogP contribution >= 0.6 is 0 Å². The highest BCUT2D eigenvalue weighted by atomic mass is 16.3. The zero-order chi connectivity index (χ0) is 29.5. The summed E-state index contributed by atoms with van der Waals surface area (Å²) in [5.74, 6) is 0.627. The average molecular weight is 576 g/mol. The fraction of sp³-hybridized carbons (Fsp3) is 0. The monoisotopic (exact) mass is 575 g/mol. The summed E-state index contributed by atoms with van der Waals surface area (Å²) < 4.78 is 11.1. The molecule has 0 saturated carbocycles. The van der Waals surface area contributed by atoms with Gasteiger partial charge in [-0.3, -0.25) is 0 Å². The maximum absolute atomic E-state index is 6.27. The largest absolute Gasteiger partial charge is 0.436 e. The van der Waals surface area contributed by atoms with Crippen molar-refractivity contribution in [3.05, 3.63) is 152 Å². The second kappa shape index (κ2) is 9.18. The minimum atomic E-state index is 0.627. The Morgan fingerprint density at radius 2 is 0.978 bits per heavy atom. The van der Waals surface area contributed by atoms with E-state index in [1.54, 1.807) is 0 Å². The van der Waals surface area contributed by atoms with Crippen LogP contribution in [0.3, 0.4) is 0 Å². The summed E-state index contributed by atoms with van der Waals surface area (Å²) >= 11 is 0. The summed E-state index contributed by atoms with van der Waals surface area (Å²) in [4.78, 5) is 4.94. The Morgan fingerprint density at radius 3 is 1.64 bits per heavy atom. The average Bonchev–Trinajstić information content (AvgIpc) is 3.79. The molecule has 45 heavy (non-hydrogen) atoms. The second-order valence-corrected chi connectivity index (χ2v) is 11.6. The number of fused-ring (bicyclic) bond motifs is 10. The van der Waals surface area contributed by atoms with E-state index in [1.165, 1.54) is 43.6 Å². The van der Waals surface area contributed by atoms with E-state index in [2.05, 4.69) is 149 Å². The van der Waals surface area contributed by atoms with Crippen molar-refractivity contribution in [2.45, 2.75) is 0 Å². The Hall–Kier alpha value is -6.13. The number of nitrogens with zero attached hydrogens (tertiary/aromatic N) is 3. The van der Waals surface area contributed by atoms with Gasteiger partial charge in [0.05, 0.1) is 22.1 Å². The van der Waals surface area contributed by atoms with Crippen LogP contribution in [0.2, 0.25) is 0 Å². The number of hydrogen-bond donors (Lipinski definition) is 0. The van der Waals surface area contributed by atoms with Gasteiger partial charge in [-0.05, 0) is 60.0 Å². The molecule has 0 unspecified atom stereocenters. The van der Waals surface area contributed by atoms with E-state index in [4.69, 9.17) is 9.40 Å². The Labute approximate surface area is 258 Å². The van der Waals surface area contributed by atoms with Crippen LogP contribution in [0, 0.1) is 0 Å². The van der Waals surface area contributed by atoms with Crippen LogP contribution in [0.15, 0.2) is 156 Å². The lowest BCUT2D eigenvalue weighted by Crippen LogP contribution is -1.98. The van der Waals surface area contributed by atoms with Crippen LogP contribution in [-0.4, -0.2) is 14.1 Å². The van der Waals surface area contributed by atoms with Crippen molar-refractivity contribution >= 4 is 65.5 Å². The van der Waals surface area contributed by atoms with Crippen molar-refractivity contribution in [1.82, 2.24) is 14.1 Å². The molecule has 0 amide bonds. The van der Waals surface area contributed by atoms with Crippen molar-refractivity contribution < 1.29 is 4.42 Å². The smallest absolute Gasteiger partial charge is 0.227 e. The molecule has 210 valence electrons. The molecule has 0 spiro atoms. The van der Waals surface area contributed by atoms with Crippen molar-refractivity contribution in [2.24, 2.45) is 0 Å².